The maximum absolute atomic E-state index is 10.5. The Hall–Kier alpha value is -2.60. The van der Waals surface area contributed by atoms with Crippen molar-refractivity contribution in [3.8, 4) is 23.0 Å². The number of anilines is 1. The monoisotopic (exact) mass is 500 g/mol. The summed E-state index contributed by atoms with van der Waals surface area (Å²) in [5.41, 5.74) is 6.34. The fraction of sp³-hybridized carbons (Fsp3) is 0.250. The van der Waals surface area contributed by atoms with Crippen LogP contribution in [0.15, 0.2) is 36.4 Å². The molecule has 0 amide bonds. The summed E-state index contributed by atoms with van der Waals surface area (Å²) >= 11 is 0. The average Bonchev–Trinajstić information content (AvgIpc) is 2.55. The fourth-order valence-corrected chi connectivity index (χ4v) is 1.57. The first-order valence-electron chi connectivity index (χ1n) is 7.96. The summed E-state index contributed by atoms with van der Waals surface area (Å²) in [7, 11) is 0. The van der Waals surface area contributed by atoms with E-state index in [1.165, 1.54) is 38.1 Å². The van der Waals surface area contributed by atoms with Gasteiger partial charge in [-0.3, -0.25) is 9.59 Å². The van der Waals surface area contributed by atoms with Gasteiger partial charge in [-0.25, -0.2) is 0 Å². The Morgan fingerprint density at radius 2 is 1.31 bits per heavy atom. The molecule has 2 aromatic carbocycles. The molecule has 0 unspecified atom stereocenters. The average molecular weight is 501 g/mol. The molecular weight excluding hydrogens is 473 g/mol. The molecule has 0 spiro atoms. The number of esters is 2. The molecule has 2 aromatic rings. The van der Waals surface area contributed by atoms with Gasteiger partial charge in [0.15, 0.2) is 0 Å². The molecule has 0 heterocycles. The first kappa shape index (κ1) is 31.1. The molecule has 0 saturated heterocycles. The summed E-state index contributed by atoms with van der Waals surface area (Å²) in [6, 6.07) is 9.00. The fourth-order valence-electron chi connectivity index (χ4n) is 1.57. The van der Waals surface area contributed by atoms with Gasteiger partial charge < -0.3 is 38.0 Å². The number of phenolic OH excluding ortho intramolecular Hbond substituents is 2. The molecule has 29 heavy (non-hydrogen) atoms. The van der Waals surface area contributed by atoms with E-state index in [1.807, 2.05) is 0 Å². The molecule has 0 atom stereocenters. The van der Waals surface area contributed by atoms with Crippen LogP contribution in [0.25, 0.3) is 0 Å². The third-order valence-electron chi connectivity index (χ3n) is 2.71. The summed E-state index contributed by atoms with van der Waals surface area (Å²) < 4.78 is 9.45. The van der Waals surface area contributed by atoms with Crippen molar-refractivity contribution < 1.29 is 54.8 Å². The molecule has 0 bridgehead atoms. The van der Waals surface area contributed by atoms with E-state index in [4.69, 9.17) is 25.4 Å². The van der Waals surface area contributed by atoms with Crippen LogP contribution in [-0.2, 0) is 30.0 Å². The number of ether oxygens (including phenoxy) is 2. The number of hydrogen-bond donors (Lipinski definition) is 4. The third kappa shape index (κ3) is 14.1. The first-order valence-corrected chi connectivity index (χ1v) is 7.96. The van der Waals surface area contributed by atoms with Crippen LogP contribution in [-0.4, -0.2) is 33.9 Å². The molecule has 0 fully saturated rings. The molecular formula is C20H28NO7Pd-. The number of aromatic hydroxyl groups is 2. The minimum atomic E-state index is -0.431. The number of nitrogens with two attached hydrogens (primary N) is 1. The number of carbonyl (C=O) groups excluding carboxylic acids is 2. The second kappa shape index (κ2) is 16.4. The molecule has 166 valence electrons. The maximum atomic E-state index is 10.5. The molecule has 0 radical (unpaired) electrons. The van der Waals surface area contributed by atoms with Crippen LogP contribution in [0.5, 0.6) is 23.0 Å². The summed E-state index contributed by atoms with van der Waals surface area (Å²) in [5, 5.41) is 25.9. The number of phenols is 2. The second-order valence-electron chi connectivity index (χ2n) is 5.17. The zero-order valence-electron chi connectivity index (χ0n) is 17.0. The largest absolute Gasteiger partial charge is 0.508 e. The molecule has 9 heteroatoms. The maximum Gasteiger partial charge on any atom is 0.308 e. The third-order valence-corrected chi connectivity index (χ3v) is 2.71. The van der Waals surface area contributed by atoms with Crippen LogP contribution >= 0.6 is 0 Å². The molecule has 2 rings (SSSR count). The second-order valence-corrected chi connectivity index (χ2v) is 5.17. The van der Waals surface area contributed by atoms with E-state index in [0.717, 1.165) is 5.56 Å². The van der Waals surface area contributed by atoms with Crippen LogP contribution in [0.1, 0.15) is 26.3 Å². The van der Waals surface area contributed by atoms with Gasteiger partial charge in [-0.05, 0) is 37.6 Å². The number of aryl methyl sites for hydroxylation is 1. The van der Waals surface area contributed by atoms with Crippen molar-refractivity contribution in [3.05, 3.63) is 49.4 Å². The standard InChI is InChI=1S/C9H10O3.C8H9NO3.C2H6O.CH3.Pd/c1-6-3-4-8(5-9(6)11)12-7(2)10;1-5(10)12-6-2-3-7(9)8(11)4-6;1-2-3;;/h3-5,11H,1-2H3;2-4,11H,9H2,1H3;3H,2H2,1H3;1H3;/q;;;-1;. The Kier molecular flexibility index (Phi) is 17.6. The van der Waals surface area contributed by atoms with Crippen molar-refractivity contribution in [2.45, 2.75) is 27.7 Å². The molecule has 0 aliphatic heterocycles. The van der Waals surface area contributed by atoms with Crippen molar-refractivity contribution in [2.24, 2.45) is 0 Å². The molecule has 8 nitrogen and oxygen atoms in total. The van der Waals surface area contributed by atoms with Crippen LogP contribution in [0, 0.1) is 14.4 Å². The summed E-state index contributed by atoms with van der Waals surface area (Å²) in [5.74, 6) is -0.125. The number of hydrogen-bond acceptors (Lipinski definition) is 8. The molecule has 0 aliphatic carbocycles. The van der Waals surface area contributed by atoms with Crippen molar-refractivity contribution in [2.75, 3.05) is 12.3 Å². The van der Waals surface area contributed by atoms with Crippen molar-refractivity contribution in [1.29, 1.82) is 0 Å². The zero-order valence-corrected chi connectivity index (χ0v) is 18.6. The van der Waals surface area contributed by atoms with Crippen molar-refractivity contribution in [1.82, 2.24) is 0 Å². The Labute approximate surface area is 184 Å². The van der Waals surface area contributed by atoms with E-state index in [9.17, 15) is 14.7 Å². The number of carbonyl (C=O) groups is 2. The first-order chi connectivity index (χ1) is 12.6. The van der Waals surface area contributed by atoms with Gasteiger partial charge in [0.25, 0.3) is 0 Å². The SMILES string of the molecule is CC(=O)Oc1ccc(C)c(O)c1.CC(=O)Oc1ccc(N)c(O)c1.CCO.[CH3-].[Pd]. The van der Waals surface area contributed by atoms with E-state index in [0.29, 0.717) is 5.75 Å². The van der Waals surface area contributed by atoms with E-state index in [-0.39, 0.29) is 57.4 Å². The summed E-state index contributed by atoms with van der Waals surface area (Å²) in [6.07, 6.45) is 0. The van der Waals surface area contributed by atoms with Crippen LogP contribution in [0.4, 0.5) is 5.69 Å². The molecule has 5 N–H and O–H groups in total. The minimum Gasteiger partial charge on any atom is -0.508 e. The minimum absolute atomic E-state index is 0. The number of aliphatic hydroxyl groups is 1. The van der Waals surface area contributed by atoms with Gasteiger partial charge in [-0.2, -0.15) is 0 Å². The number of benzene rings is 2. The number of rotatable bonds is 2. The van der Waals surface area contributed by atoms with Crippen LogP contribution in [0.3, 0.4) is 0 Å². The summed E-state index contributed by atoms with van der Waals surface area (Å²) in [6.45, 7) is 6.30. The van der Waals surface area contributed by atoms with Gasteiger partial charge in [0, 0.05) is 53.0 Å². The molecule has 0 aromatic heterocycles. The Morgan fingerprint density at radius 1 is 0.931 bits per heavy atom. The Morgan fingerprint density at radius 3 is 1.66 bits per heavy atom. The van der Waals surface area contributed by atoms with Gasteiger partial charge >= 0.3 is 11.9 Å². The molecule has 0 saturated carbocycles. The summed E-state index contributed by atoms with van der Waals surface area (Å²) in [4.78, 5) is 21.0. The smallest absolute Gasteiger partial charge is 0.308 e. The quantitative estimate of drug-likeness (QED) is 0.123. The Bertz CT molecular complexity index is 703. The van der Waals surface area contributed by atoms with Crippen LogP contribution < -0.4 is 15.2 Å². The van der Waals surface area contributed by atoms with E-state index in [1.54, 1.807) is 26.0 Å². The van der Waals surface area contributed by atoms with Gasteiger partial charge in [-0.15, -0.1) is 0 Å². The van der Waals surface area contributed by atoms with Gasteiger partial charge in [0.1, 0.15) is 23.0 Å². The van der Waals surface area contributed by atoms with Crippen molar-refractivity contribution >= 4 is 17.6 Å². The van der Waals surface area contributed by atoms with Gasteiger partial charge in [-0.1, -0.05) is 6.07 Å². The topological polar surface area (TPSA) is 139 Å². The van der Waals surface area contributed by atoms with E-state index < -0.39 is 11.9 Å². The predicted octanol–water partition coefficient (Wildman–Crippen LogP) is 2.97. The predicted molar refractivity (Wildman–Crippen MR) is 107 cm³/mol. The molecule has 0 aliphatic rings. The number of aliphatic hydroxyl groups excluding tert-OH is 1. The van der Waals surface area contributed by atoms with Crippen molar-refractivity contribution in [3.63, 3.8) is 0 Å². The van der Waals surface area contributed by atoms with E-state index >= 15 is 0 Å². The Balaban J connectivity index is -0.000000387. The van der Waals surface area contributed by atoms with Crippen LogP contribution in [0.2, 0.25) is 0 Å². The van der Waals surface area contributed by atoms with Gasteiger partial charge in [0.05, 0.1) is 5.69 Å². The van der Waals surface area contributed by atoms with E-state index in [2.05, 4.69) is 0 Å². The number of nitrogen functional groups attached to an aromatic ring is 1. The zero-order chi connectivity index (χ0) is 21.0. The normalized spacial score (nSPS) is 8.45. The van der Waals surface area contributed by atoms with Gasteiger partial charge in [0.2, 0.25) is 0 Å².